The summed E-state index contributed by atoms with van der Waals surface area (Å²) in [6, 6.07) is 2.93. The van der Waals surface area contributed by atoms with Gasteiger partial charge in [-0.25, -0.2) is 0 Å². The Morgan fingerprint density at radius 2 is 1.44 bits per heavy atom. The first-order valence-electron chi connectivity index (χ1n) is 12.1. The Kier molecular flexibility index (Phi) is 22.0. The molecule has 2 saturated carbocycles. The third-order valence-electron chi connectivity index (χ3n) is 7.00. The summed E-state index contributed by atoms with van der Waals surface area (Å²) >= 11 is 0. The summed E-state index contributed by atoms with van der Waals surface area (Å²) in [7, 11) is 0. The molecule has 2 radical (unpaired) electrons. The summed E-state index contributed by atoms with van der Waals surface area (Å²) in [5, 5.41) is 6.99. The summed E-state index contributed by atoms with van der Waals surface area (Å²) in [5.41, 5.74) is 0. The average molecular weight is 619 g/mol. The number of benzene rings is 1. The summed E-state index contributed by atoms with van der Waals surface area (Å²) in [6.07, 6.45) is 21.8. The van der Waals surface area contributed by atoms with Crippen LogP contribution < -0.4 is 9.47 Å². The molecule has 7 heteroatoms. The van der Waals surface area contributed by atoms with E-state index in [0.29, 0.717) is 25.0 Å². The van der Waals surface area contributed by atoms with Gasteiger partial charge in [0.15, 0.2) is 11.5 Å². The number of aliphatic hydroxyl groups is 1. The van der Waals surface area contributed by atoms with Crippen molar-refractivity contribution in [2.24, 2.45) is 23.7 Å². The number of hydrogen-bond acceptors (Lipinski definition) is 3. The van der Waals surface area contributed by atoms with Gasteiger partial charge in [-0.1, -0.05) is 12.2 Å². The maximum atomic E-state index is 14.4. The predicted molar refractivity (Wildman–Crippen MR) is 138 cm³/mol. The number of rotatable bonds is 10. The molecule has 2 aliphatic rings. The second-order valence-electron chi connectivity index (χ2n) is 9.08. The quantitative estimate of drug-likeness (QED) is 0.124. The molecule has 0 unspecified atom stereocenters. The van der Waals surface area contributed by atoms with Crippen molar-refractivity contribution in [3.05, 3.63) is 62.9 Å². The van der Waals surface area contributed by atoms with Crippen molar-refractivity contribution >= 4 is 0 Å². The predicted octanol–water partition coefficient (Wildman–Crippen LogP) is 8.33. The van der Waals surface area contributed by atoms with Crippen LogP contribution in [0.2, 0.25) is 0 Å². The zero-order valence-corrected chi connectivity index (χ0v) is 25.8. The fourth-order valence-electron chi connectivity index (χ4n) is 5.03. The van der Waals surface area contributed by atoms with Gasteiger partial charge in [0, 0.05) is 35.6 Å². The zero-order chi connectivity index (χ0) is 24.1. The second kappa shape index (κ2) is 21.2. The van der Waals surface area contributed by atoms with Crippen LogP contribution >= 0.6 is 0 Å². The van der Waals surface area contributed by atoms with Crippen molar-refractivity contribution in [3.63, 3.8) is 0 Å². The largest absolute Gasteiger partial charge is 2.00 e. The molecule has 0 spiro atoms. The number of hydrogen-bond donors (Lipinski definition) is 1. The molecule has 0 bridgehead atoms. The summed E-state index contributed by atoms with van der Waals surface area (Å²) in [5.74, 6) is 0.806. The van der Waals surface area contributed by atoms with Crippen LogP contribution in [0.1, 0.15) is 67.1 Å². The second-order valence-corrected chi connectivity index (χ2v) is 9.08. The van der Waals surface area contributed by atoms with E-state index in [9.17, 15) is 8.78 Å². The van der Waals surface area contributed by atoms with Crippen LogP contribution in [0.5, 0.6) is 11.5 Å². The van der Waals surface area contributed by atoms with Crippen molar-refractivity contribution in [1.82, 2.24) is 0 Å². The zero-order valence-electron chi connectivity index (χ0n) is 21.6. The van der Waals surface area contributed by atoms with Crippen LogP contribution in [0.25, 0.3) is 0 Å². The topological polar surface area (TPSA) is 38.7 Å². The van der Waals surface area contributed by atoms with E-state index in [1.165, 1.54) is 50.7 Å². The Morgan fingerprint density at radius 3 is 1.92 bits per heavy atom. The first kappa shape index (κ1) is 37.4. The van der Waals surface area contributed by atoms with Gasteiger partial charge >= 0.3 is 18.6 Å². The molecule has 2 fully saturated rings. The molecule has 0 aliphatic heterocycles. The molecule has 1 aromatic carbocycles. The molecule has 0 atom stereocenters. The Hall–Kier alpha value is -0.792. The van der Waals surface area contributed by atoms with E-state index in [-0.39, 0.29) is 73.0 Å². The van der Waals surface area contributed by atoms with E-state index < -0.39 is 11.6 Å². The van der Waals surface area contributed by atoms with Gasteiger partial charge in [0.1, 0.15) is 0 Å². The van der Waals surface area contributed by atoms with Crippen molar-refractivity contribution in [1.29, 1.82) is 0 Å². The monoisotopic (exact) mass is 618 g/mol. The van der Waals surface area contributed by atoms with E-state index in [1.807, 2.05) is 0 Å². The van der Waals surface area contributed by atoms with Gasteiger partial charge in [0.2, 0.25) is 11.6 Å². The smallest absolute Gasteiger partial charge is 0.648 e. The van der Waals surface area contributed by atoms with Crippen LogP contribution in [0, 0.1) is 55.3 Å². The molecule has 3 nitrogen and oxygen atoms in total. The van der Waals surface area contributed by atoms with Gasteiger partial charge in [-0.05, 0) is 100 Å². The minimum absolute atomic E-state index is 0. The van der Waals surface area contributed by atoms with Crippen LogP contribution in [-0.4, -0.2) is 18.3 Å². The summed E-state index contributed by atoms with van der Waals surface area (Å²) in [4.78, 5) is 0. The van der Waals surface area contributed by atoms with Crippen molar-refractivity contribution in [2.45, 2.75) is 64.2 Å². The first-order valence-corrected chi connectivity index (χ1v) is 12.1. The Bertz CT molecular complexity index is 795. The standard InChI is InChI=1S/C26H36F2O2.C2HO.CH3.V.Y.2H2/c1-3-5-6-17-29-23-15-16-24(26(28)25(23)27)30-18-20-9-13-22(14-10-20)21-11-7-19(4-2)8-12-21;1-2-3;;;;;/h3-4,15-16,19-22H,1-2,5-14,17-18H2;3H;1H3;;;2*1H/q;2*-1;+2;;;. The minimum atomic E-state index is -0.968. The average Bonchev–Trinajstić information content (AvgIpc) is 2.85. The fourth-order valence-corrected chi connectivity index (χ4v) is 5.03. The molecule has 0 heterocycles. The number of aliphatic hydroxyl groups excluding tert-OH is 1. The van der Waals surface area contributed by atoms with Crippen molar-refractivity contribution < 1.29 is 77.5 Å². The van der Waals surface area contributed by atoms with E-state index in [4.69, 9.17) is 21.0 Å². The van der Waals surface area contributed by atoms with E-state index in [0.717, 1.165) is 43.6 Å². The molecule has 3 rings (SSSR count). The number of halogens is 2. The number of ether oxygens (including phenoxy) is 2. The molecule has 1 aromatic rings. The van der Waals surface area contributed by atoms with E-state index in [1.54, 1.807) is 6.08 Å². The molecule has 200 valence electrons. The maximum absolute atomic E-state index is 14.4. The Balaban J connectivity index is -0.000000690. The van der Waals surface area contributed by atoms with Gasteiger partial charge in [0.05, 0.1) is 13.2 Å². The van der Waals surface area contributed by atoms with Gasteiger partial charge in [-0.3, -0.25) is 0 Å². The normalized spacial score (nSPS) is 22.5. The fraction of sp³-hybridized carbons (Fsp3) is 0.552. The van der Waals surface area contributed by atoms with E-state index in [2.05, 4.69) is 19.2 Å². The number of unbranched alkanes of at least 4 members (excludes halogenated alkanes) is 1. The molecule has 0 amide bonds. The molecule has 0 saturated heterocycles. The molecule has 1 N–H and O–H groups in total. The van der Waals surface area contributed by atoms with Crippen LogP contribution in [0.4, 0.5) is 8.78 Å². The number of allylic oxidation sites excluding steroid dienone is 2. The van der Waals surface area contributed by atoms with Crippen LogP contribution in [-0.2, 0) is 51.3 Å². The molecular formula is C29H44F2O3VY. The SMILES string of the molecule is C=CCCCOc1ccc(OCC2CCC(C3CCC(C=C)CC3)CC2)c(F)c1F.[C-]#CO.[CH3-].[HH].[HH].[V+2].[Y]. The third-order valence-corrected chi connectivity index (χ3v) is 7.00. The third kappa shape index (κ3) is 12.2. The molecular weight excluding hydrogens is 574 g/mol. The molecule has 0 aromatic heterocycles. The minimum Gasteiger partial charge on any atom is -0.648 e. The maximum Gasteiger partial charge on any atom is 2.00 e. The van der Waals surface area contributed by atoms with Gasteiger partial charge in [0.25, 0.3) is 0 Å². The van der Waals surface area contributed by atoms with Crippen molar-refractivity contribution in [2.75, 3.05) is 13.2 Å². The van der Waals surface area contributed by atoms with Crippen LogP contribution in [0.3, 0.4) is 0 Å². The van der Waals surface area contributed by atoms with Gasteiger partial charge in [-0.2, -0.15) is 14.9 Å². The Morgan fingerprint density at radius 1 is 0.972 bits per heavy atom. The Labute approximate surface area is 257 Å². The van der Waals surface area contributed by atoms with E-state index >= 15 is 0 Å². The van der Waals surface area contributed by atoms with Gasteiger partial charge in [-0.15, -0.1) is 13.2 Å². The summed E-state index contributed by atoms with van der Waals surface area (Å²) < 4.78 is 39.6. The molecule has 2 aliphatic carbocycles. The van der Waals surface area contributed by atoms with Gasteiger partial charge < -0.3 is 28.4 Å². The first-order chi connectivity index (χ1) is 16.0. The molecule has 36 heavy (non-hydrogen) atoms. The van der Waals surface area contributed by atoms with Crippen molar-refractivity contribution in [3.8, 4) is 17.6 Å². The summed E-state index contributed by atoms with van der Waals surface area (Å²) in [6.45, 7) is 8.36. The van der Waals surface area contributed by atoms with Crippen LogP contribution in [0.15, 0.2) is 37.4 Å².